The van der Waals surface area contributed by atoms with Crippen LogP contribution in [0.2, 0.25) is 0 Å². The number of fused-ring (bicyclic) bond motifs is 2. The van der Waals surface area contributed by atoms with Crippen LogP contribution in [0, 0.1) is 5.92 Å². The molecule has 3 rings (SSSR count). The van der Waals surface area contributed by atoms with E-state index in [1.54, 1.807) is 0 Å². The fourth-order valence-electron chi connectivity index (χ4n) is 3.60. The molecular weight excluding hydrogens is 226 g/mol. The van der Waals surface area contributed by atoms with Crippen LogP contribution in [-0.4, -0.2) is 34.8 Å². The smallest absolute Gasteiger partial charge is 0.108 e. The molecule has 4 atom stereocenters. The number of imidazole rings is 1. The molecule has 100 valence electrons. The molecule has 0 radical (unpaired) electrons. The third-order valence-electron chi connectivity index (χ3n) is 4.64. The first-order chi connectivity index (χ1) is 8.78. The van der Waals surface area contributed by atoms with Crippen LogP contribution in [0.4, 0.5) is 0 Å². The molecule has 3 heterocycles. The quantitative estimate of drug-likeness (QED) is 0.859. The van der Waals surface area contributed by atoms with Gasteiger partial charge in [0.25, 0.3) is 0 Å². The zero-order chi connectivity index (χ0) is 12.5. The number of nitrogens with zero attached hydrogens (tertiary/aromatic N) is 2. The van der Waals surface area contributed by atoms with Crippen molar-refractivity contribution in [3.63, 3.8) is 0 Å². The van der Waals surface area contributed by atoms with Gasteiger partial charge in [-0.2, -0.15) is 0 Å². The van der Waals surface area contributed by atoms with E-state index in [2.05, 4.69) is 29.0 Å². The van der Waals surface area contributed by atoms with Gasteiger partial charge in [0.1, 0.15) is 5.82 Å². The Labute approximate surface area is 109 Å². The van der Waals surface area contributed by atoms with Gasteiger partial charge in [0.15, 0.2) is 0 Å². The summed E-state index contributed by atoms with van der Waals surface area (Å²) in [6, 6.07) is 0.567. The first-order valence-corrected chi connectivity index (χ1v) is 7.07. The van der Waals surface area contributed by atoms with Gasteiger partial charge in [-0.1, -0.05) is 0 Å². The number of hydrogen-bond acceptors (Lipinski definition) is 3. The van der Waals surface area contributed by atoms with Crippen molar-refractivity contribution in [1.82, 2.24) is 14.9 Å². The van der Waals surface area contributed by atoms with Gasteiger partial charge in [0, 0.05) is 37.8 Å². The van der Waals surface area contributed by atoms with Crippen molar-refractivity contribution < 1.29 is 4.74 Å². The third-order valence-corrected chi connectivity index (χ3v) is 4.64. The fourth-order valence-corrected chi connectivity index (χ4v) is 3.60. The summed E-state index contributed by atoms with van der Waals surface area (Å²) in [5, 5.41) is 3.49. The van der Waals surface area contributed by atoms with Crippen molar-refractivity contribution in [3.8, 4) is 0 Å². The minimum Gasteiger partial charge on any atom is -0.375 e. The molecule has 2 fully saturated rings. The minimum absolute atomic E-state index is 0.508. The Morgan fingerprint density at radius 2 is 2.44 bits per heavy atom. The highest BCUT2D eigenvalue weighted by atomic mass is 16.5. The van der Waals surface area contributed by atoms with Crippen molar-refractivity contribution in [2.24, 2.45) is 13.0 Å². The maximum Gasteiger partial charge on any atom is 0.108 e. The molecule has 0 saturated carbocycles. The Balaban J connectivity index is 1.58. The van der Waals surface area contributed by atoms with Gasteiger partial charge in [-0.05, 0) is 32.7 Å². The average molecular weight is 249 g/mol. The molecular formula is C14H23N3O. The van der Waals surface area contributed by atoms with Gasteiger partial charge in [0.2, 0.25) is 0 Å². The van der Waals surface area contributed by atoms with E-state index in [0.29, 0.717) is 24.2 Å². The molecule has 1 aromatic rings. The zero-order valence-electron chi connectivity index (χ0n) is 11.3. The molecule has 1 aromatic heterocycles. The molecule has 1 N–H and O–H groups in total. The molecule has 18 heavy (non-hydrogen) atoms. The second kappa shape index (κ2) is 5.02. The van der Waals surface area contributed by atoms with E-state index in [-0.39, 0.29) is 0 Å². The summed E-state index contributed by atoms with van der Waals surface area (Å²) in [7, 11) is 4.15. The highest BCUT2D eigenvalue weighted by Crippen LogP contribution is 2.41. The number of aromatic nitrogens is 2. The van der Waals surface area contributed by atoms with Crippen molar-refractivity contribution in [2.45, 2.75) is 50.4 Å². The molecule has 4 nitrogen and oxygen atoms in total. The molecule has 0 aliphatic carbocycles. The molecule has 2 aliphatic rings. The summed E-state index contributed by atoms with van der Waals surface area (Å²) in [6.07, 6.45) is 10.9. The van der Waals surface area contributed by atoms with Crippen LogP contribution in [0.1, 0.15) is 31.5 Å². The van der Waals surface area contributed by atoms with Crippen molar-refractivity contribution in [1.29, 1.82) is 0 Å². The maximum atomic E-state index is 5.97. The Bertz CT molecular complexity index is 403. The van der Waals surface area contributed by atoms with Gasteiger partial charge >= 0.3 is 0 Å². The summed E-state index contributed by atoms with van der Waals surface area (Å²) in [5.41, 5.74) is 0. The standard InChI is InChI=1S/C14H23N3O/c1-15-12(4-6-14-16-7-8-17(14)2)11-9-10-3-5-13(11)18-10/h7-8,10-13,15H,3-6,9H2,1-2H3. The summed E-state index contributed by atoms with van der Waals surface area (Å²) < 4.78 is 8.08. The summed E-state index contributed by atoms with van der Waals surface area (Å²) in [5.74, 6) is 1.88. The summed E-state index contributed by atoms with van der Waals surface area (Å²) in [6.45, 7) is 0. The third kappa shape index (κ3) is 2.19. The van der Waals surface area contributed by atoms with Crippen LogP contribution in [0.15, 0.2) is 12.4 Å². The van der Waals surface area contributed by atoms with Gasteiger partial charge < -0.3 is 14.6 Å². The first-order valence-electron chi connectivity index (χ1n) is 7.07. The molecule has 0 aromatic carbocycles. The summed E-state index contributed by atoms with van der Waals surface area (Å²) >= 11 is 0. The Morgan fingerprint density at radius 3 is 3.00 bits per heavy atom. The molecule has 4 heteroatoms. The fraction of sp³-hybridized carbons (Fsp3) is 0.786. The summed E-state index contributed by atoms with van der Waals surface area (Å²) in [4.78, 5) is 4.40. The number of nitrogens with one attached hydrogen (secondary N) is 1. The van der Waals surface area contributed by atoms with E-state index in [0.717, 1.165) is 12.8 Å². The topological polar surface area (TPSA) is 39.1 Å². The molecule has 0 amide bonds. The predicted molar refractivity (Wildman–Crippen MR) is 70.4 cm³/mol. The zero-order valence-corrected chi connectivity index (χ0v) is 11.3. The normalized spacial score (nSPS) is 32.0. The van der Waals surface area contributed by atoms with Gasteiger partial charge in [-0.3, -0.25) is 0 Å². The van der Waals surface area contributed by atoms with Gasteiger partial charge in [0.05, 0.1) is 12.2 Å². The lowest BCUT2D eigenvalue weighted by molar-refractivity contribution is 0.0856. The highest BCUT2D eigenvalue weighted by Gasteiger charge is 2.43. The average Bonchev–Trinajstić information content (AvgIpc) is 3.07. The van der Waals surface area contributed by atoms with E-state index >= 15 is 0 Å². The largest absolute Gasteiger partial charge is 0.375 e. The van der Waals surface area contributed by atoms with Crippen LogP contribution in [-0.2, 0) is 18.2 Å². The monoisotopic (exact) mass is 249 g/mol. The number of aryl methyl sites for hydroxylation is 2. The van der Waals surface area contributed by atoms with Crippen LogP contribution >= 0.6 is 0 Å². The van der Waals surface area contributed by atoms with Crippen molar-refractivity contribution in [2.75, 3.05) is 7.05 Å². The Kier molecular flexibility index (Phi) is 3.39. The number of hydrogen-bond donors (Lipinski definition) is 1. The van der Waals surface area contributed by atoms with Crippen molar-refractivity contribution >= 4 is 0 Å². The number of ether oxygens (including phenoxy) is 1. The molecule has 2 aliphatic heterocycles. The highest BCUT2D eigenvalue weighted by molar-refractivity contribution is 4.97. The lowest BCUT2D eigenvalue weighted by atomic mass is 9.82. The van der Waals surface area contributed by atoms with E-state index in [1.165, 1.54) is 25.1 Å². The second-order valence-electron chi connectivity index (χ2n) is 5.66. The van der Waals surface area contributed by atoms with Crippen LogP contribution in [0.5, 0.6) is 0 Å². The Morgan fingerprint density at radius 1 is 1.56 bits per heavy atom. The maximum absolute atomic E-state index is 5.97. The molecule has 2 saturated heterocycles. The molecule has 2 bridgehead atoms. The van der Waals surface area contributed by atoms with Crippen molar-refractivity contribution in [3.05, 3.63) is 18.2 Å². The molecule has 0 spiro atoms. The first kappa shape index (κ1) is 12.2. The predicted octanol–water partition coefficient (Wildman–Crippen LogP) is 1.51. The minimum atomic E-state index is 0.508. The Hall–Kier alpha value is -0.870. The lowest BCUT2D eigenvalue weighted by Crippen LogP contribution is -2.39. The second-order valence-corrected chi connectivity index (χ2v) is 5.66. The SMILES string of the molecule is CNC(CCc1nccn1C)C1CC2CCC1O2. The van der Waals surface area contributed by atoms with Gasteiger partial charge in [-0.15, -0.1) is 0 Å². The van der Waals surface area contributed by atoms with Gasteiger partial charge in [-0.25, -0.2) is 4.98 Å². The van der Waals surface area contributed by atoms with E-state index in [4.69, 9.17) is 4.74 Å². The van der Waals surface area contributed by atoms with E-state index < -0.39 is 0 Å². The van der Waals surface area contributed by atoms with E-state index in [1.807, 2.05) is 12.4 Å². The van der Waals surface area contributed by atoms with Crippen LogP contribution < -0.4 is 5.32 Å². The van der Waals surface area contributed by atoms with Crippen LogP contribution in [0.25, 0.3) is 0 Å². The van der Waals surface area contributed by atoms with E-state index in [9.17, 15) is 0 Å². The number of rotatable bonds is 5. The molecule has 4 unspecified atom stereocenters. The lowest BCUT2D eigenvalue weighted by Gasteiger charge is -2.28. The van der Waals surface area contributed by atoms with Crippen LogP contribution in [0.3, 0.4) is 0 Å².